The van der Waals surface area contributed by atoms with Crippen molar-refractivity contribution < 1.29 is 4.90 Å². The number of aromatic nitrogens is 4. The molecule has 2 aliphatic rings. The standard InChI is InChI=1S/C23H28N6/c1-3-9-19(10-4-1)22(23-24-25-26-29(23)21-13-7-8-14-21)28-17-15-27(16-18-28)20-11-5-2-6-12-20/h1-6,9-12,21-22H,7-8,13-18H2/p+1/t22-/m1/s1. The summed E-state index contributed by atoms with van der Waals surface area (Å²) in [4.78, 5) is 4.04. The molecule has 0 spiro atoms. The molecule has 1 aliphatic heterocycles. The van der Waals surface area contributed by atoms with Crippen LogP contribution in [-0.2, 0) is 0 Å². The summed E-state index contributed by atoms with van der Waals surface area (Å²) < 4.78 is 2.14. The van der Waals surface area contributed by atoms with Gasteiger partial charge in [-0.3, -0.25) is 0 Å². The average Bonchev–Trinajstić information content (AvgIpc) is 3.48. The number of tetrazole rings is 1. The lowest BCUT2D eigenvalue weighted by Gasteiger charge is -2.37. The summed E-state index contributed by atoms with van der Waals surface area (Å²) >= 11 is 0. The number of para-hydroxylation sites is 1. The van der Waals surface area contributed by atoms with Gasteiger partial charge < -0.3 is 9.80 Å². The maximum atomic E-state index is 4.56. The van der Waals surface area contributed by atoms with Crippen molar-refractivity contribution in [3.63, 3.8) is 0 Å². The Morgan fingerprint density at radius 2 is 1.52 bits per heavy atom. The Morgan fingerprint density at radius 3 is 2.21 bits per heavy atom. The van der Waals surface area contributed by atoms with Gasteiger partial charge in [-0.25, -0.2) is 4.68 Å². The Bertz CT molecular complexity index is 895. The second-order valence-electron chi connectivity index (χ2n) is 8.24. The summed E-state index contributed by atoms with van der Waals surface area (Å²) in [7, 11) is 0. The smallest absolute Gasteiger partial charge is 0.214 e. The van der Waals surface area contributed by atoms with Crippen LogP contribution in [0, 0.1) is 0 Å². The molecule has 2 heterocycles. The van der Waals surface area contributed by atoms with Crippen LogP contribution in [0.2, 0.25) is 0 Å². The highest BCUT2D eigenvalue weighted by atomic mass is 15.6. The molecule has 3 aromatic rings. The third kappa shape index (κ3) is 3.77. The third-order valence-corrected chi connectivity index (χ3v) is 6.52. The first kappa shape index (κ1) is 18.3. The van der Waals surface area contributed by atoms with Gasteiger partial charge in [-0.1, -0.05) is 61.4 Å². The van der Waals surface area contributed by atoms with Crippen LogP contribution in [0.25, 0.3) is 0 Å². The molecule has 29 heavy (non-hydrogen) atoms. The number of rotatable bonds is 5. The lowest BCUT2D eigenvalue weighted by atomic mass is 10.0. The van der Waals surface area contributed by atoms with E-state index >= 15 is 0 Å². The van der Waals surface area contributed by atoms with E-state index in [0.717, 1.165) is 32.0 Å². The van der Waals surface area contributed by atoms with Crippen molar-refractivity contribution in [2.45, 2.75) is 37.8 Å². The van der Waals surface area contributed by atoms with Crippen LogP contribution in [0.3, 0.4) is 0 Å². The molecule has 0 unspecified atom stereocenters. The molecular formula is C23H29N6+. The number of quaternary nitrogens is 1. The molecule has 0 bridgehead atoms. The molecule has 1 aliphatic carbocycles. The largest absolute Gasteiger partial charge is 0.360 e. The van der Waals surface area contributed by atoms with Gasteiger partial charge in [0.2, 0.25) is 5.82 Å². The van der Waals surface area contributed by atoms with Crippen molar-refractivity contribution in [2.75, 3.05) is 31.1 Å². The van der Waals surface area contributed by atoms with E-state index in [4.69, 9.17) is 0 Å². The number of hydrogen-bond donors (Lipinski definition) is 1. The van der Waals surface area contributed by atoms with Crippen molar-refractivity contribution in [1.29, 1.82) is 0 Å². The van der Waals surface area contributed by atoms with Crippen LogP contribution in [0.5, 0.6) is 0 Å². The van der Waals surface area contributed by atoms with Gasteiger partial charge in [0.1, 0.15) is 0 Å². The number of hydrogen-bond acceptors (Lipinski definition) is 4. The molecule has 2 fully saturated rings. The molecule has 1 atom stereocenters. The van der Waals surface area contributed by atoms with E-state index in [1.54, 1.807) is 4.90 Å². The van der Waals surface area contributed by atoms with Gasteiger partial charge in [-0.2, -0.15) is 0 Å². The summed E-state index contributed by atoms with van der Waals surface area (Å²) in [5.41, 5.74) is 2.63. The van der Waals surface area contributed by atoms with Crippen LogP contribution in [0.4, 0.5) is 5.69 Å². The second kappa shape index (κ2) is 8.33. The van der Waals surface area contributed by atoms with Crippen LogP contribution >= 0.6 is 0 Å². The summed E-state index contributed by atoms with van der Waals surface area (Å²) in [5.74, 6) is 1.03. The number of benzene rings is 2. The van der Waals surface area contributed by atoms with E-state index in [2.05, 4.69) is 85.8 Å². The van der Waals surface area contributed by atoms with Gasteiger partial charge in [0, 0.05) is 11.3 Å². The van der Waals surface area contributed by atoms with Crippen molar-refractivity contribution in [2.24, 2.45) is 0 Å². The van der Waals surface area contributed by atoms with Crippen molar-refractivity contribution in [3.05, 3.63) is 72.1 Å². The molecule has 1 N–H and O–H groups in total. The molecule has 1 saturated heterocycles. The van der Waals surface area contributed by atoms with Gasteiger partial charge in [-0.05, 0) is 35.4 Å². The van der Waals surface area contributed by atoms with E-state index in [1.165, 1.54) is 36.9 Å². The lowest BCUT2D eigenvalue weighted by Crippen LogP contribution is -3.15. The fourth-order valence-corrected chi connectivity index (χ4v) is 4.99. The second-order valence-corrected chi connectivity index (χ2v) is 8.24. The predicted molar refractivity (Wildman–Crippen MR) is 113 cm³/mol. The van der Waals surface area contributed by atoms with Gasteiger partial charge in [0.25, 0.3) is 0 Å². The number of piperazine rings is 1. The highest BCUT2D eigenvalue weighted by Gasteiger charge is 2.36. The molecule has 5 rings (SSSR count). The molecular weight excluding hydrogens is 360 g/mol. The molecule has 150 valence electrons. The number of anilines is 1. The molecule has 2 aromatic carbocycles. The molecule has 1 saturated carbocycles. The molecule has 6 heteroatoms. The van der Waals surface area contributed by atoms with E-state index < -0.39 is 0 Å². The molecule has 1 aromatic heterocycles. The third-order valence-electron chi connectivity index (χ3n) is 6.52. The number of nitrogens with zero attached hydrogens (tertiary/aromatic N) is 5. The van der Waals surface area contributed by atoms with E-state index in [9.17, 15) is 0 Å². The Hall–Kier alpha value is -2.73. The zero-order chi connectivity index (χ0) is 19.5. The van der Waals surface area contributed by atoms with Gasteiger partial charge >= 0.3 is 0 Å². The fourth-order valence-electron chi connectivity index (χ4n) is 4.99. The van der Waals surface area contributed by atoms with E-state index in [0.29, 0.717) is 6.04 Å². The summed E-state index contributed by atoms with van der Waals surface area (Å²) in [6, 6.07) is 22.2. The van der Waals surface area contributed by atoms with Crippen LogP contribution < -0.4 is 9.80 Å². The number of nitrogens with one attached hydrogen (secondary N) is 1. The highest BCUT2D eigenvalue weighted by Crippen LogP contribution is 2.31. The first-order valence-corrected chi connectivity index (χ1v) is 10.9. The zero-order valence-corrected chi connectivity index (χ0v) is 16.8. The zero-order valence-electron chi connectivity index (χ0n) is 16.8. The first-order valence-electron chi connectivity index (χ1n) is 10.9. The van der Waals surface area contributed by atoms with Gasteiger partial charge in [0.05, 0.1) is 32.2 Å². The lowest BCUT2D eigenvalue weighted by molar-refractivity contribution is -0.927. The van der Waals surface area contributed by atoms with E-state index in [-0.39, 0.29) is 6.04 Å². The summed E-state index contributed by atoms with van der Waals surface area (Å²) in [5, 5.41) is 13.1. The van der Waals surface area contributed by atoms with Crippen molar-refractivity contribution >= 4 is 5.69 Å². The summed E-state index contributed by atoms with van der Waals surface area (Å²) in [6.45, 7) is 4.25. The van der Waals surface area contributed by atoms with Gasteiger partial charge in [0.15, 0.2) is 6.04 Å². The van der Waals surface area contributed by atoms with Crippen LogP contribution in [-0.4, -0.2) is 46.4 Å². The van der Waals surface area contributed by atoms with Crippen LogP contribution in [0.1, 0.15) is 49.2 Å². The molecule has 6 nitrogen and oxygen atoms in total. The Labute approximate surface area is 172 Å². The minimum atomic E-state index is 0.185. The SMILES string of the molecule is c1ccc([C@H](c2nnnn2C2CCCC2)[NH+]2CCN(c3ccccc3)CC2)cc1. The molecule has 0 amide bonds. The fraction of sp³-hybridized carbons (Fsp3) is 0.435. The minimum absolute atomic E-state index is 0.185. The van der Waals surface area contributed by atoms with E-state index in [1.807, 2.05) is 0 Å². The Kier molecular flexibility index (Phi) is 5.26. The Balaban J connectivity index is 1.42. The maximum Gasteiger partial charge on any atom is 0.214 e. The van der Waals surface area contributed by atoms with Crippen molar-refractivity contribution in [1.82, 2.24) is 20.2 Å². The highest BCUT2D eigenvalue weighted by molar-refractivity contribution is 5.46. The topological polar surface area (TPSA) is 51.3 Å². The maximum absolute atomic E-state index is 4.56. The van der Waals surface area contributed by atoms with Crippen LogP contribution in [0.15, 0.2) is 60.7 Å². The minimum Gasteiger partial charge on any atom is -0.360 e. The van der Waals surface area contributed by atoms with Gasteiger partial charge in [-0.15, -0.1) is 5.10 Å². The average molecular weight is 390 g/mol. The monoisotopic (exact) mass is 389 g/mol. The van der Waals surface area contributed by atoms with Crippen molar-refractivity contribution in [3.8, 4) is 0 Å². The Morgan fingerprint density at radius 1 is 0.862 bits per heavy atom. The first-order chi connectivity index (χ1) is 14.4. The quantitative estimate of drug-likeness (QED) is 0.727. The summed E-state index contributed by atoms with van der Waals surface area (Å²) in [6.07, 6.45) is 4.94. The molecule has 0 radical (unpaired) electrons. The normalized spacial score (nSPS) is 19.5. The predicted octanol–water partition coefficient (Wildman–Crippen LogP) is 2.28.